The molecule has 0 unspecified atom stereocenters. The topological polar surface area (TPSA) is 95.9 Å². The zero-order chi connectivity index (χ0) is 23.0. The van der Waals surface area contributed by atoms with Crippen molar-refractivity contribution in [2.45, 2.75) is 30.6 Å². The van der Waals surface area contributed by atoms with E-state index in [0.717, 1.165) is 27.2 Å². The van der Waals surface area contributed by atoms with Crippen molar-refractivity contribution in [2.75, 3.05) is 13.2 Å². The fraction of sp³-hybridized carbons (Fsp3) is 0.318. The number of rotatable bonds is 4. The molecule has 2 aromatic rings. The summed E-state index contributed by atoms with van der Waals surface area (Å²) in [4.78, 5) is 36.3. The first kappa shape index (κ1) is 21.7. The third kappa shape index (κ3) is 4.00. The lowest BCUT2D eigenvalue weighted by Crippen LogP contribution is -2.45. The zero-order valence-corrected chi connectivity index (χ0v) is 16.6. The molecule has 0 aromatic heterocycles. The Bertz CT molecular complexity index is 1030. The van der Waals surface area contributed by atoms with E-state index in [2.05, 4.69) is 0 Å². The number of fused-ring (bicyclic) bond motifs is 3. The van der Waals surface area contributed by atoms with Crippen molar-refractivity contribution < 1.29 is 37.4 Å². The second-order valence-corrected chi connectivity index (χ2v) is 7.71. The van der Waals surface area contributed by atoms with E-state index in [1.807, 2.05) is 48.5 Å². The van der Waals surface area contributed by atoms with Gasteiger partial charge in [0.1, 0.15) is 12.6 Å². The predicted octanol–water partition coefficient (Wildman–Crippen LogP) is 3.14. The number of nitrogens with zero attached hydrogens (tertiary/aromatic N) is 1. The molecule has 0 radical (unpaired) electrons. The molecule has 32 heavy (non-hydrogen) atoms. The first-order valence-corrected chi connectivity index (χ1v) is 9.89. The average molecular weight is 448 g/mol. The number of carbonyl (C=O) groups is 3. The van der Waals surface area contributed by atoms with Crippen molar-refractivity contribution in [3.63, 3.8) is 0 Å². The highest BCUT2D eigenvalue weighted by Crippen LogP contribution is 2.44. The van der Waals surface area contributed by atoms with Crippen molar-refractivity contribution in [1.29, 1.82) is 0 Å². The average Bonchev–Trinajstić information content (AvgIpc) is 3.31. The Kier molecular flexibility index (Phi) is 5.53. The van der Waals surface area contributed by atoms with Gasteiger partial charge in [0, 0.05) is 24.9 Å². The summed E-state index contributed by atoms with van der Waals surface area (Å²) < 4.78 is 43.0. The number of carboxylic acid groups (broad SMARTS) is 1. The lowest BCUT2D eigenvalue weighted by Gasteiger charge is -2.22. The van der Waals surface area contributed by atoms with Gasteiger partial charge in [-0.2, -0.15) is 13.2 Å². The summed E-state index contributed by atoms with van der Waals surface area (Å²) in [6.45, 7) is -0.454. The Balaban J connectivity index is 1.46. The minimum Gasteiger partial charge on any atom is -0.480 e. The third-order valence-corrected chi connectivity index (χ3v) is 5.75. The van der Waals surface area contributed by atoms with Crippen LogP contribution in [0.3, 0.4) is 0 Å². The fourth-order valence-corrected chi connectivity index (χ4v) is 4.32. The number of benzene rings is 2. The van der Waals surface area contributed by atoms with E-state index in [0.29, 0.717) is 0 Å². The number of hydrogen-bond acceptors (Lipinski definition) is 4. The van der Waals surface area contributed by atoms with Gasteiger partial charge in [-0.3, -0.25) is 9.69 Å². The standard InChI is InChI=1S/C22H19F3N2O5/c23-22(24,25)20(30)26-12-9-18(19(28)29)27(10-12)21(31)32-11-17-15-7-3-1-5-13(15)14-6-2-4-8-16(14)17/h1-8,12,17-18H,9-11H2,(H,26,30)(H,28,29)/t12-,18+/m1/s1. The second kappa shape index (κ2) is 8.18. The molecular weight excluding hydrogens is 429 g/mol. The number of carboxylic acids is 1. The maximum atomic E-state index is 12.7. The van der Waals surface area contributed by atoms with E-state index in [1.165, 1.54) is 0 Å². The quantitative estimate of drug-likeness (QED) is 0.749. The summed E-state index contributed by atoms with van der Waals surface area (Å²) in [7, 11) is 0. The number of nitrogens with one attached hydrogen (secondary N) is 1. The van der Waals surface area contributed by atoms with Crippen LogP contribution in [-0.2, 0) is 14.3 Å². The first-order valence-electron chi connectivity index (χ1n) is 9.89. The SMILES string of the molecule is O=C(O)[C@@H]1C[C@@H](NC(=O)C(F)(F)F)CN1C(=O)OCC1c2ccccc2-c2ccccc21. The summed E-state index contributed by atoms with van der Waals surface area (Å²) >= 11 is 0. The van der Waals surface area contributed by atoms with Crippen LogP contribution in [0.2, 0.25) is 0 Å². The molecule has 10 heteroatoms. The molecule has 1 saturated heterocycles. The summed E-state index contributed by atoms with van der Waals surface area (Å²) in [6.07, 6.45) is -6.40. The van der Waals surface area contributed by atoms with Crippen LogP contribution in [0.1, 0.15) is 23.5 Å². The molecule has 0 spiro atoms. The molecule has 2 amide bonds. The maximum absolute atomic E-state index is 12.7. The van der Waals surface area contributed by atoms with Crippen LogP contribution in [0.4, 0.5) is 18.0 Å². The predicted molar refractivity (Wildman–Crippen MR) is 106 cm³/mol. The Hall–Kier alpha value is -3.56. The van der Waals surface area contributed by atoms with Gasteiger partial charge in [0.2, 0.25) is 0 Å². The number of hydrogen-bond donors (Lipinski definition) is 2. The van der Waals surface area contributed by atoms with Gasteiger partial charge in [0.15, 0.2) is 0 Å². The molecule has 2 N–H and O–H groups in total. The maximum Gasteiger partial charge on any atom is 0.471 e. The molecule has 1 heterocycles. The lowest BCUT2D eigenvalue weighted by atomic mass is 9.98. The smallest absolute Gasteiger partial charge is 0.471 e. The molecule has 168 valence electrons. The highest BCUT2D eigenvalue weighted by molar-refractivity contribution is 5.84. The molecule has 1 fully saturated rings. The molecule has 0 bridgehead atoms. The molecule has 2 aromatic carbocycles. The Labute approximate surface area is 180 Å². The monoisotopic (exact) mass is 448 g/mol. The Morgan fingerprint density at radius 1 is 1.03 bits per heavy atom. The van der Waals surface area contributed by atoms with Crippen molar-refractivity contribution in [3.05, 3.63) is 59.7 Å². The molecule has 2 atom stereocenters. The third-order valence-electron chi connectivity index (χ3n) is 5.75. The molecule has 0 saturated carbocycles. The molecule has 7 nitrogen and oxygen atoms in total. The summed E-state index contributed by atoms with van der Waals surface area (Å²) in [5.41, 5.74) is 3.97. The summed E-state index contributed by atoms with van der Waals surface area (Å²) in [5.74, 6) is -3.82. The van der Waals surface area contributed by atoms with E-state index in [-0.39, 0.29) is 18.9 Å². The fourth-order valence-electron chi connectivity index (χ4n) is 4.32. The van der Waals surface area contributed by atoms with Gasteiger partial charge < -0.3 is 15.2 Å². The van der Waals surface area contributed by atoms with E-state index < -0.39 is 42.8 Å². The Morgan fingerprint density at radius 2 is 1.59 bits per heavy atom. The van der Waals surface area contributed by atoms with Crippen LogP contribution >= 0.6 is 0 Å². The minimum absolute atomic E-state index is 0.0602. The number of alkyl halides is 3. The summed E-state index contributed by atoms with van der Waals surface area (Å²) in [6, 6.07) is 12.8. The van der Waals surface area contributed by atoms with Gasteiger partial charge in [-0.1, -0.05) is 48.5 Å². The summed E-state index contributed by atoms with van der Waals surface area (Å²) in [5, 5.41) is 11.1. The van der Waals surface area contributed by atoms with Crippen LogP contribution < -0.4 is 5.32 Å². The van der Waals surface area contributed by atoms with Crippen molar-refractivity contribution in [3.8, 4) is 11.1 Å². The Morgan fingerprint density at radius 3 is 2.12 bits per heavy atom. The van der Waals surface area contributed by atoms with Gasteiger partial charge in [0.05, 0.1) is 0 Å². The van der Waals surface area contributed by atoms with Crippen molar-refractivity contribution >= 4 is 18.0 Å². The number of likely N-dealkylation sites (tertiary alicyclic amines) is 1. The highest BCUT2D eigenvalue weighted by atomic mass is 19.4. The normalized spacial score (nSPS) is 19.9. The van der Waals surface area contributed by atoms with Gasteiger partial charge in [-0.25, -0.2) is 9.59 Å². The van der Waals surface area contributed by atoms with Gasteiger partial charge in [0.25, 0.3) is 0 Å². The van der Waals surface area contributed by atoms with Crippen LogP contribution in [0, 0.1) is 0 Å². The highest BCUT2D eigenvalue weighted by Gasteiger charge is 2.45. The van der Waals surface area contributed by atoms with Crippen LogP contribution in [-0.4, -0.2) is 59.4 Å². The number of aliphatic carboxylic acids is 1. The molecular formula is C22H19F3N2O5. The molecule has 4 rings (SSSR count). The minimum atomic E-state index is -5.10. The van der Waals surface area contributed by atoms with Crippen LogP contribution in [0.15, 0.2) is 48.5 Å². The first-order chi connectivity index (χ1) is 15.2. The zero-order valence-electron chi connectivity index (χ0n) is 16.6. The van der Waals surface area contributed by atoms with E-state index in [9.17, 15) is 32.7 Å². The van der Waals surface area contributed by atoms with Crippen LogP contribution in [0.25, 0.3) is 11.1 Å². The van der Waals surface area contributed by atoms with Gasteiger partial charge in [-0.15, -0.1) is 0 Å². The van der Waals surface area contributed by atoms with E-state index >= 15 is 0 Å². The molecule has 1 aliphatic carbocycles. The number of halogens is 3. The molecule has 2 aliphatic rings. The second-order valence-electron chi connectivity index (χ2n) is 7.71. The number of amides is 2. The number of carbonyl (C=O) groups excluding carboxylic acids is 2. The van der Waals surface area contributed by atoms with Crippen molar-refractivity contribution in [1.82, 2.24) is 10.2 Å². The largest absolute Gasteiger partial charge is 0.480 e. The number of ether oxygens (including phenoxy) is 1. The van der Waals surface area contributed by atoms with E-state index in [1.54, 1.807) is 5.32 Å². The van der Waals surface area contributed by atoms with Crippen LogP contribution in [0.5, 0.6) is 0 Å². The van der Waals surface area contributed by atoms with Gasteiger partial charge >= 0.3 is 24.1 Å². The lowest BCUT2D eigenvalue weighted by molar-refractivity contribution is -0.174. The molecule has 1 aliphatic heterocycles. The van der Waals surface area contributed by atoms with Gasteiger partial charge in [-0.05, 0) is 22.3 Å². The van der Waals surface area contributed by atoms with Crippen molar-refractivity contribution in [2.24, 2.45) is 0 Å². The van der Waals surface area contributed by atoms with E-state index in [4.69, 9.17) is 4.74 Å².